The standard InChI is InChI=1S/C35H42N10O3/c1-24-20-30(41-44(24)26-12-5-3-6-13-26)37-32(46)22-43(19-11-18-36-34-28-16-9-10-17-29(28)35(48)40-39-34)23-33(47)38-31-21-25(2)45(42-31)27-14-7-4-8-15-27/h3,5-6,9-10,12-13,16-17,20-21,27H,4,7-8,11,14-15,18-19,22-23H2,1-2H3,(H,36,39)(H,40,48)(H,37,41,46)(H,38,42,47). The number of H-pyrrole nitrogens is 1. The van der Waals surface area contributed by atoms with Crippen LogP contribution in [0.15, 0.2) is 71.5 Å². The fraction of sp³-hybridized carbons (Fsp3) is 0.371. The van der Waals surface area contributed by atoms with E-state index in [9.17, 15) is 14.4 Å². The van der Waals surface area contributed by atoms with Gasteiger partial charge in [-0.05, 0) is 51.3 Å². The van der Waals surface area contributed by atoms with Gasteiger partial charge in [0.25, 0.3) is 5.56 Å². The summed E-state index contributed by atoms with van der Waals surface area (Å²) in [5.41, 5.74) is 2.55. The highest BCUT2D eigenvalue weighted by molar-refractivity contribution is 5.94. The molecule has 0 atom stereocenters. The molecule has 48 heavy (non-hydrogen) atoms. The Labute approximate surface area is 278 Å². The van der Waals surface area contributed by atoms with Crippen LogP contribution in [-0.2, 0) is 9.59 Å². The number of amides is 2. The van der Waals surface area contributed by atoms with Crippen LogP contribution in [0.5, 0.6) is 0 Å². The number of nitrogens with one attached hydrogen (secondary N) is 4. The van der Waals surface area contributed by atoms with Gasteiger partial charge in [0.1, 0.15) is 0 Å². The van der Waals surface area contributed by atoms with Gasteiger partial charge in [-0.3, -0.25) is 24.0 Å². The maximum absolute atomic E-state index is 13.3. The zero-order valence-corrected chi connectivity index (χ0v) is 27.4. The van der Waals surface area contributed by atoms with E-state index in [0.29, 0.717) is 48.4 Å². The molecule has 0 saturated heterocycles. The molecule has 250 valence electrons. The van der Waals surface area contributed by atoms with E-state index in [1.165, 1.54) is 19.3 Å². The van der Waals surface area contributed by atoms with Crippen molar-refractivity contribution in [1.82, 2.24) is 34.7 Å². The summed E-state index contributed by atoms with van der Waals surface area (Å²) in [6, 6.07) is 21.1. The minimum atomic E-state index is -0.279. The monoisotopic (exact) mass is 650 g/mol. The molecule has 0 bridgehead atoms. The molecule has 0 aliphatic heterocycles. The van der Waals surface area contributed by atoms with E-state index >= 15 is 0 Å². The molecule has 0 radical (unpaired) electrons. The summed E-state index contributed by atoms with van der Waals surface area (Å²) in [7, 11) is 0. The molecule has 3 aromatic heterocycles. The summed E-state index contributed by atoms with van der Waals surface area (Å²) in [4.78, 5) is 40.5. The third-order valence-corrected chi connectivity index (χ3v) is 8.64. The Morgan fingerprint density at radius 2 is 1.50 bits per heavy atom. The normalized spacial score (nSPS) is 13.6. The number of aryl methyl sites for hydroxylation is 2. The molecule has 1 aliphatic rings. The van der Waals surface area contributed by atoms with Crippen molar-refractivity contribution in [3.05, 3.63) is 88.5 Å². The van der Waals surface area contributed by atoms with Crippen molar-refractivity contribution in [3.63, 3.8) is 0 Å². The van der Waals surface area contributed by atoms with Crippen molar-refractivity contribution >= 4 is 40.0 Å². The molecule has 1 saturated carbocycles. The summed E-state index contributed by atoms with van der Waals surface area (Å²) in [6.45, 7) is 4.88. The maximum atomic E-state index is 13.3. The lowest BCUT2D eigenvalue weighted by molar-refractivity contribution is -0.120. The Bertz CT molecular complexity index is 1920. The summed E-state index contributed by atoms with van der Waals surface area (Å²) in [5.74, 6) is 1.00. The molecule has 1 aliphatic carbocycles. The number of rotatable bonds is 13. The number of aromatic nitrogens is 6. The molecule has 13 nitrogen and oxygen atoms in total. The molecule has 3 heterocycles. The van der Waals surface area contributed by atoms with Gasteiger partial charge in [0.2, 0.25) is 11.8 Å². The predicted molar refractivity (Wildman–Crippen MR) is 187 cm³/mol. The first kappa shape index (κ1) is 32.6. The van der Waals surface area contributed by atoms with Crippen LogP contribution in [-0.4, -0.2) is 72.7 Å². The first-order valence-electron chi connectivity index (χ1n) is 16.6. The minimum absolute atomic E-state index is 0.0000764. The van der Waals surface area contributed by atoms with Crippen molar-refractivity contribution in [2.45, 2.75) is 58.4 Å². The van der Waals surface area contributed by atoms with E-state index in [0.717, 1.165) is 35.3 Å². The Morgan fingerprint density at radius 3 is 2.23 bits per heavy atom. The lowest BCUT2D eigenvalue weighted by Gasteiger charge is -2.23. The van der Waals surface area contributed by atoms with Gasteiger partial charge in [0, 0.05) is 42.0 Å². The highest BCUT2D eigenvalue weighted by Gasteiger charge is 2.21. The molecule has 6 rings (SSSR count). The first-order chi connectivity index (χ1) is 23.3. The van der Waals surface area contributed by atoms with Gasteiger partial charge in [-0.1, -0.05) is 55.7 Å². The van der Waals surface area contributed by atoms with Crippen LogP contribution in [0, 0.1) is 13.8 Å². The van der Waals surface area contributed by atoms with Crippen LogP contribution in [0.4, 0.5) is 17.5 Å². The molecule has 1 fully saturated rings. The van der Waals surface area contributed by atoms with Gasteiger partial charge in [0.05, 0.1) is 30.2 Å². The maximum Gasteiger partial charge on any atom is 0.272 e. The van der Waals surface area contributed by atoms with E-state index in [1.54, 1.807) is 15.6 Å². The summed E-state index contributed by atoms with van der Waals surface area (Å²) in [6.07, 6.45) is 6.44. The van der Waals surface area contributed by atoms with E-state index in [-0.39, 0.29) is 30.5 Å². The number of anilines is 3. The van der Waals surface area contributed by atoms with Crippen LogP contribution >= 0.6 is 0 Å². The van der Waals surface area contributed by atoms with E-state index in [1.807, 2.05) is 79.2 Å². The molecule has 0 unspecified atom stereocenters. The number of carbonyl (C=O) groups excluding carboxylic acids is 2. The Balaban J connectivity index is 1.10. The van der Waals surface area contributed by atoms with Crippen molar-refractivity contribution in [1.29, 1.82) is 0 Å². The summed E-state index contributed by atoms with van der Waals surface area (Å²) in [5, 5.41) is 26.4. The molecule has 13 heteroatoms. The summed E-state index contributed by atoms with van der Waals surface area (Å²) >= 11 is 0. The number of hydrogen-bond donors (Lipinski definition) is 4. The van der Waals surface area contributed by atoms with Crippen LogP contribution in [0.2, 0.25) is 0 Å². The van der Waals surface area contributed by atoms with E-state index in [4.69, 9.17) is 5.10 Å². The van der Waals surface area contributed by atoms with Crippen molar-refractivity contribution in [2.24, 2.45) is 0 Å². The largest absolute Gasteiger partial charge is 0.368 e. The molecule has 2 aromatic carbocycles. The fourth-order valence-electron chi connectivity index (χ4n) is 6.35. The van der Waals surface area contributed by atoms with E-state index < -0.39 is 0 Å². The Kier molecular flexibility index (Phi) is 10.2. The van der Waals surface area contributed by atoms with Crippen LogP contribution < -0.4 is 21.5 Å². The van der Waals surface area contributed by atoms with Crippen molar-refractivity contribution in [2.75, 3.05) is 42.1 Å². The predicted octanol–water partition coefficient (Wildman–Crippen LogP) is 4.81. The molecule has 4 N–H and O–H groups in total. The van der Waals surface area contributed by atoms with Gasteiger partial charge in [-0.15, -0.1) is 5.10 Å². The summed E-state index contributed by atoms with van der Waals surface area (Å²) < 4.78 is 3.81. The Morgan fingerprint density at radius 1 is 0.854 bits per heavy atom. The average molecular weight is 651 g/mol. The average Bonchev–Trinajstić information content (AvgIpc) is 3.65. The van der Waals surface area contributed by atoms with E-state index in [2.05, 4.69) is 31.2 Å². The van der Waals surface area contributed by atoms with Gasteiger partial charge in [-0.25, -0.2) is 9.78 Å². The van der Waals surface area contributed by atoms with Crippen molar-refractivity contribution in [3.8, 4) is 5.69 Å². The van der Waals surface area contributed by atoms with Gasteiger partial charge < -0.3 is 16.0 Å². The van der Waals surface area contributed by atoms with Crippen LogP contribution in [0.25, 0.3) is 16.5 Å². The van der Waals surface area contributed by atoms with Gasteiger partial charge in [0.15, 0.2) is 17.5 Å². The van der Waals surface area contributed by atoms with Crippen molar-refractivity contribution < 1.29 is 9.59 Å². The SMILES string of the molecule is Cc1cc(NC(=O)CN(CCCNc2n[nH]c(=O)c3ccccc23)CC(=O)Nc2cc(C)n(C3CCCCC3)n2)nn1-c1ccccc1. The number of fused-ring (bicyclic) bond motifs is 1. The third kappa shape index (κ3) is 7.97. The molecule has 0 spiro atoms. The zero-order chi connectivity index (χ0) is 33.5. The number of aromatic amines is 1. The number of benzene rings is 2. The Hall–Kier alpha value is -5.30. The molecular formula is C35H42N10O3. The smallest absolute Gasteiger partial charge is 0.272 e. The molecule has 2 amide bonds. The van der Waals surface area contributed by atoms with Gasteiger partial charge >= 0.3 is 0 Å². The fourth-order valence-corrected chi connectivity index (χ4v) is 6.35. The zero-order valence-electron chi connectivity index (χ0n) is 27.4. The van der Waals surface area contributed by atoms with Crippen LogP contribution in [0.3, 0.4) is 0 Å². The van der Waals surface area contributed by atoms with Crippen LogP contribution in [0.1, 0.15) is 56.0 Å². The lowest BCUT2D eigenvalue weighted by Crippen LogP contribution is -2.40. The topological polar surface area (TPSA) is 155 Å². The molecular weight excluding hydrogens is 608 g/mol. The number of nitrogens with zero attached hydrogens (tertiary/aromatic N) is 6. The second-order valence-electron chi connectivity index (χ2n) is 12.4. The highest BCUT2D eigenvalue weighted by atomic mass is 16.2. The van der Waals surface area contributed by atoms with Gasteiger partial charge in [-0.2, -0.15) is 10.2 Å². The quantitative estimate of drug-likeness (QED) is 0.132. The number of para-hydroxylation sites is 1. The lowest BCUT2D eigenvalue weighted by atomic mass is 9.95. The number of hydrogen-bond acceptors (Lipinski definition) is 8. The number of carbonyl (C=O) groups is 2. The second kappa shape index (κ2) is 15.1. The highest BCUT2D eigenvalue weighted by Crippen LogP contribution is 2.29. The first-order valence-corrected chi connectivity index (χ1v) is 16.6. The molecule has 5 aromatic rings. The third-order valence-electron chi connectivity index (χ3n) is 8.64. The minimum Gasteiger partial charge on any atom is -0.368 e. The second-order valence-corrected chi connectivity index (χ2v) is 12.4.